The molecule has 1 atom stereocenters. The second kappa shape index (κ2) is 6.26. The molecule has 0 bridgehead atoms. The first-order chi connectivity index (χ1) is 9.48. The second-order valence-electron chi connectivity index (χ2n) is 5.28. The number of methoxy groups -OCH3 is 1. The Hall–Kier alpha value is -0.890. The van der Waals surface area contributed by atoms with Gasteiger partial charge >= 0.3 is 0 Å². The van der Waals surface area contributed by atoms with E-state index in [2.05, 4.69) is 5.32 Å². The lowest BCUT2D eigenvalue weighted by Crippen LogP contribution is -2.29. The van der Waals surface area contributed by atoms with Crippen LogP contribution in [-0.4, -0.2) is 51.1 Å². The molecule has 1 saturated heterocycles. The summed E-state index contributed by atoms with van der Waals surface area (Å²) in [6.45, 7) is 2.39. The molecule has 1 aromatic rings. The fraction of sp³-hybridized carbons (Fsp3) is 0.692. The minimum Gasteiger partial charge on any atom is -0.384 e. The van der Waals surface area contributed by atoms with Gasteiger partial charge in [-0.3, -0.25) is 0 Å². The Bertz CT molecular complexity index is 553. The van der Waals surface area contributed by atoms with E-state index in [4.69, 9.17) is 4.74 Å². The third-order valence-electron chi connectivity index (χ3n) is 3.73. The van der Waals surface area contributed by atoms with Crippen molar-refractivity contribution in [2.45, 2.75) is 17.9 Å². The summed E-state index contributed by atoms with van der Waals surface area (Å²) in [5.41, 5.74) is 0.957. The maximum Gasteiger partial charge on any atom is 0.244 e. The van der Waals surface area contributed by atoms with E-state index in [-0.39, 0.29) is 0 Å². The first-order valence-corrected chi connectivity index (χ1v) is 8.22. The number of aromatic nitrogens is 1. The lowest BCUT2D eigenvalue weighted by molar-refractivity contribution is 0.157. The Labute approximate surface area is 120 Å². The van der Waals surface area contributed by atoms with Gasteiger partial charge in [-0.2, -0.15) is 4.31 Å². The molecule has 2 heterocycles. The zero-order chi connectivity index (χ0) is 14.8. The monoisotopic (exact) mass is 301 g/mol. The Morgan fingerprint density at radius 1 is 1.50 bits per heavy atom. The van der Waals surface area contributed by atoms with E-state index in [0.717, 1.165) is 12.1 Å². The van der Waals surface area contributed by atoms with E-state index in [1.54, 1.807) is 23.7 Å². The largest absolute Gasteiger partial charge is 0.384 e. The highest BCUT2D eigenvalue weighted by atomic mass is 32.2. The molecule has 7 heteroatoms. The van der Waals surface area contributed by atoms with Gasteiger partial charge in [-0.15, -0.1) is 0 Å². The molecule has 1 aliphatic rings. The predicted molar refractivity (Wildman–Crippen MR) is 76.9 cm³/mol. The molecule has 0 radical (unpaired) electrons. The second-order valence-corrected chi connectivity index (χ2v) is 7.22. The van der Waals surface area contributed by atoms with Gasteiger partial charge in [-0.1, -0.05) is 0 Å². The van der Waals surface area contributed by atoms with Crippen molar-refractivity contribution in [1.29, 1.82) is 0 Å². The molecule has 6 nitrogen and oxygen atoms in total. The van der Waals surface area contributed by atoms with Crippen molar-refractivity contribution < 1.29 is 13.2 Å². The third-order valence-corrected chi connectivity index (χ3v) is 5.56. The minimum absolute atomic E-state index is 0.301. The number of ether oxygens (including phenoxy) is 1. The molecule has 1 aromatic heterocycles. The van der Waals surface area contributed by atoms with E-state index < -0.39 is 10.0 Å². The fourth-order valence-corrected chi connectivity index (χ4v) is 4.24. The summed E-state index contributed by atoms with van der Waals surface area (Å²) in [6, 6.07) is 1.75. The van der Waals surface area contributed by atoms with E-state index >= 15 is 0 Å². The summed E-state index contributed by atoms with van der Waals surface area (Å²) in [4.78, 5) is 0.378. The maximum atomic E-state index is 12.6. The first kappa shape index (κ1) is 15.5. The minimum atomic E-state index is -3.38. The molecule has 2 rings (SSSR count). The van der Waals surface area contributed by atoms with Gasteiger partial charge in [-0.25, -0.2) is 8.42 Å². The van der Waals surface area contributed by atoms with Crippen molar-refractivity contribution in [2.24, 2.45) is 13.0 Å². The summed E-state index contributed by atoms with van der Waals surface area (Å²) < 4.78 is 33.7. The average molecular weight is 301 g/mol. The van der Waals surface area contributed by atoms with Crippen LogP contribution in [0.15, 0.2) is 17.2 Å². The van der Waals surface area contributed by atoms with Crippen molar-refractivity contribution in [2.75, 3.05) is 33.9 Å². The van der Waals surface area contributed by atoms with Crippen molar-refractivity contribution >= 4 is 10.0 Å². The molecular weight excluding hydrogens is 278 g/mol. The lowest BCUT2D eigenvalue weighted by atomic mass is 10.1. The van der Waals surface area contributed by atoms with Crippen molar-refractivity contribution in [3.05, 3.63) is 18.0 Å². The van der Waals surface area contributed by atoms with Gasteiger partial charge in [0.1, 0.15) is 4.90 Å². The van der Waals surface area contributed by atoms with E-state index in [9.17, 15) is 8.42 Å². The van der Waals surface area contributed by atoms with Crippen LogP contribution < -0.4 is 5.32 Å². The van der Waals surface area contributed by atoms with Crippen LogP contribution in [0.5, 0.6) is 0 Å². The van der Waals surface area contributed by atoms with Gasteiger partial charge in [0.25, 0.3) is 0 Å². The summed E-state index contributed by atoms with van der Waals surface area (Å²) in [5.74, 6) is 0.301. The van der Waals surface area contributed by atoms with Crippen LogP contribution in [0.3, 0.4) is 0 Å². The SMILES string of the molecule is CNCc1cc(S(=O)(=O)N2CCC(COC)C2)cn1C. The number of sulfonamides is 1. The van der Waals surface area contributed by atoms with Crippen LogP contribution in [0, 0.1) is 5.92 Å². The van der Waals surface area contributed by atoms with Gasteiger partial charge in [0.2, 0.25) is 10.0 Å². The number of nitrogens with one attached hydrogen (secondary N) is 1. The quantitative estimate of drug-likeness (QED) is 0.826. The molecule has 1 unspecified atom stereocenters. The van der Waals surface area contributed by atoms with Crippen molar-refractivity contribution in [3.8, 4) is 0 Å². The number of hydrogen-bond acceptors (Lipinski definition) is 4. The normalized spacial score (nSPS) is 20.6. The van der Waals surface area contributed by atoms with E-state index in [1.807, 2.05) is 18.7 Å². The molecule has 0 spiro atoms. The highest BCUT2D eigenvalue weighted by Gasteiger charge is 2.33. The van der Waals surface area contributed by atoms with Crippen LogP contribution >= 0.6 is 0 Å². The van der Waals surface area contributed by atoms with Crippen molar-refractivity contribution in [1.82, 2.24) is 14.2 Å². The van der Waals surface area contributed by atoms with Crippen LogP contribution in [0.25, 0.3) is 0 Å². The predicted octanol–water partition coefficient (Wildman–Crippen LogP) is 0.402. The standard InChI is InChI=1S/C13H23N3O3S/c1-14-7-12-6-13(9-15(12)2)20(17,18)16-5-4-11(8-16)10-19-3/h6,9,11,14H,4-5,7-8,10H2,1-3H3. The summed E-state index contributed by atoms with van der Waals surface area (Å²) in [7, 11) is 1.98. The van der Waals surface area contributed by atoms with Crippen molar-refractivity contribution in [3.63, 3.8) is 0 Å². The molecule has 0 aliphatic carbocycles. The fourth-order valence-electron chi connectivity index (χ4n) is 2.61. The molecule has 0 aromatic carbocycles. The molecule has 0 amide bonds. The van der Waals surface area contributed by atoms with Gasteiger partial charge in [0, 0.05) is 45.7 Å². The molecule has 1 N–H and O–H groups in total. The van der Waals surface area contributed by atoms with Gasteiger partial charge in [-0.05, 0) is 25.5 Å². The molecule has 1 aliphatic heterocycles. The molecule has 0 saturated carbocycles. The van der Waals surface area contributed by atoms with Gasteiger partial charge < -0.3 is 14.6 Å². The number of nitrogens with zero attached hydrogens (tertiary/aromatic N) is 2. The van der Waals surface area contributed by atoms with E-state index in [0.29, 0.717) is 37.1 Å². The maximum absolute atomic E-state index is 12.6. The summed E-state index contributed by atoms with van der Waals surface area (Å²) >= 11 is 0. The van der Waals surface area contributed by atoms with Crippen LogP contribution in [0.4, 0.5) is 0 Å². The van der Waals surface area contributed by atoms with Crippen LogP contribution in [0.1, 0.15) is 12.1 Å². The van der Waals surface area contributed by atoms with Crippen LogP contribution in [-0.2, 0) is 28.4 Å². The highest BCUT2D eigenvalue weighted by molar-refractivity contribution is 7.89. The zero-order valence-corrected chi connectivity index (χ0v) is 13.1. The first-order valence-electron chi connectivity index (χ1n) is 6.78. The third kappa shape index (κ3) is 3.06. The average Bonchev–Trinajstić information content (AvgIpc) is 2.99. The number of rotatable bonds is 6. The molecular formula is C13H23N3O3S. The summed E-state index contributed by atoms with van der Waals surface area (Å²) in [6.07, 6.45) is 2.55. The Morgan fingerprint density at radius 2 is 2.25 bits per heavy atom. The highest BCUT2D eigenvalue weighted by Crippen LogP contribution is 2.25. The Morgan fingerprint density at radius 3 is 2.90 bits per heavy atom. The molecule has 20 heavy (non-hydrogen) atoms. The number of hydrogen-bond donors (Lipinski definition) is 1. The molecule has 1 fully saturated rings. The topological polar surface area (TPSA) is 63.6 Å². The number of aryl methyl sites for hydroxylation is 1. The van der Waals surface area contributed by atoms with E-state index in [1.165, 1.54) is 0 Å². The Balaban J connectivity index is 2.16. The summed E-state index contributed by atoms with van der Waals surface area (Å²) in [5, 5.41) is 3.04. The smallest absolute Gasteiger partial charge is 0.244 e. The zero-order valence-electron chi connectivity index (χ0n) is 12.3. The van der Waals surface area contributed by atoms with Gasteiger partial charge in [0.15, 0.2) is 0 Å². The lowest BCUT2D eigenvalue weighted by Gasteiger charge is -2.15. The molecule has 114 valence electrons. The Kier molecular flexibility index (Phi) is 4.85. The van der Waals surface area contributed by atoms with Crippen LogP contribution in [0.2, 0.25) is 0 Å². The van der Waals surface area contributed by atoms with Gasteiger partial charge in [0.05, 0.1) is 6.61 Å².